The number of anilines is 1. The van der Waals surface area contributed by atoms with Gasteiger partial charge in [0.1, 0.15) is 5.60 Å². The Bertz CT molecular complexity index is 618. The standard InChI is InChI=1S/C16H23ClN4O3/c1-16(2,3)24-15(23)21-9-5-6-11(10-21)14(22)20(4)13-12(17)18-7-8-19-13/h7-8,11H,5-6,9-10H2,1-4H3/t11-/m1/s1. The molecule has 24 heavy (non-hydrogen) atoms. The fourth-order valence-corrected chi connectivity index (χ4v) is 2.82. The zero-order chi connectivity index (χ0) is 17.9. The minimum Gasteiger partial charge on any atom is -0.444 e. The summed E-state index contributed by atoms with van der Waals surface area (Å²) in [4.78, 5) is 36.0. The molecule has 8 heteroatoms. The number of aromatic nitrogens is 2. The van der Waals surface area contributed by atoms with Crippen LogP contribution in [0, 0.1) is 5.92 Å². The molecule has 0 saturated carbocycles. The van der Waals surface area contributed by atoms with Crippen molar-refractivity contribution in [1.82, 2.24) is 14.9 Å². The third kappa shape index (κ3) is 4.56. The molecule has 0 aliphatic carbocycles. The largest absolute Gasteiger partial charge is 0.444 e. The highest BCUT2D eigenvalue weighted by Gasteiger charge is 2.33. The lowest BCUT2D eigenvalue weighted by molar-refractivity contribution is -0.123. The Morgan fingerprint density at radius 3 is 2.62 bits per heavy atom. The summed E-state index contributed by atoms with van der Waals surface area (Å²) in [6, 6.07) is 0. The zero-order valence-electron chi connectivity index (χ0n) is 14.5. The lowest BCUT2D eigenvalue weighted by Crippen LogP contribution is -2.47. The first kappa shape index (κ1) is 18.4. The van der Waals surface area contributed by atoms with E-state index in [-0.39, 0.29) is 23.1 Å². The summed E-state index contributed by atoms with van der Waals surface area (Å²) in [7, 11) is 1.62. The van der Waals surface area contributed by atoms with Crippen molar-refractivity contribution in [2.45, 2.75) is 39.2 Å². The summed E-state index contributed by atoms with van der Waals surface area (Å²) in [5, 5.41) is 0.174. The highest BCUT2D eigenvalue weighted by atomic mass is 35.5. The second kappa shape index (κ2) is 7.34. The number of carbonyl (C=O) groups excluding carboxylic acids is 2. The van der Waals surface area contributed by atoms with Crippen molar-refractivity contribution in [3.8, 4) is 0 Å². The van der Waals surface area contributed by atoms with Gasteiger partial charge in [-0.2, -0.15) is 0 Å². The predicted molar refractivity (Wildman–Crippen MR) is 91.0 cm³/mol. The lowest BCUT2D eigenvalue weighted by atomic mass is 9.97. The van der Waals surface area contributed by atoms with E-state index in [2.05, 4.69) is 9.97 Å². The Labute approximate surface area is 147 Å². The number of hydrogen-bond donors (Lipinski definition) is 0. The van der Waals surface area contributed by atoms with Gasteiger partial charge in [0, 0.05) is 32.5 Å². The normalized spacial score (nSPS) is 18.2. The number of likely N-dealkylation sites (tertiary alicyclic amines) is 1. The van der Waals surface area contributed by atoms with Gasteiger partial charge in [0.15, 0.2) is 11.0 Å². The first-order valence-electron chi connectivity index (χ1n) is 7.91. The second-order valence-corrected chi connectivity index (χ2v) is 7.19. The molecule has 0 N–H and O–H groups in total. The maximum Gasteiger partial charge on any atom is 0.410 e. The molecule has 7 nitrogen and oxygen atoms in total. The van der Waals surface area contributed by atoms with Crippen LogP contribution in [-0.2, 0) is 9.53 Å². The van der Waals surface area contributed by atoms with E-state index in [1.54, 1.807) is 11.9 Å². The molecule has 1 aliphatic rings. The number of ether oxygens (including phenoxy) is 1. The van der Waals surface area contributed by atoms with Gasteiger partial charge in [0.25, 0.3) is 0 Å². The maximum absolute atomic E-state index is 12.7. The zero-order valence-corrected chi connectivity index (χ0v) is 15.2. The van der Waals surface area contributed by atoms with Crippen molar-refractivity contribution in [3.63, 3.8) is 0 Å². The van der Waals surface area contributed by atoms with Gasteiger partial charge in [-0.1, -0.05) is 11.6 Å². The summed E-state index contributed by atoms with van der Waals surface area (Å²) in [6.45, 7) is 6.38. The van der Waals surface area contributed by atoms with Gasteiger partial charge in [0.2, 0.25) is 5.91 Å². The molecule has 1 aliphatic heterocycles. The molecule has 0 spiro atoms. The molecule has 1 aromatic rings. The van der Waals surface area contributed by atoms with Crippen LogP contribution in [0.2, 0.25) is 5.15 Å². The number of amides is 2. The highest BCUT2D eigenvalue weighted by molar-refractivity contribution is 6.32. The lowest BCUT2D eigenvalue weighted by Gasteiger charge is -2.34. The molecule has 2 amide bonds. The van der Waals surface area contributed by atoms with Crippen LogP contribution in [0.3, 0.4) is 0 Å². The van der Waals surface area contributed by atoms with E-state index < -0.39 is 5.60 Å². The van der Waals surface area contributed by atoms with E-state index in [1.807, 2.05) is 20.8 Å². The number of hydrogen-bond acceptors (Lipinski definition) is 5. The molecule has 0 unspecified atom stereocenters. The molecule has 0 bridgehead atoms. The van der Waals surface area contributed by atoms with Crippen LogP contribution in [0.15, 0.2) is 12.4 Å². The van der Waals surface area contributed by atoms with Crippen LogP contribution in [0.25, 0.3) is 0 Å². The van der Waals surface area contributed by atoms with Crippen molar-refractivity contribution in [2.75, 3.05) is 25.0 Å². The monoisotopic (exact) mass is 354 g/mol. The maximum atomic E-state index is 12.7. The van der Waals surface area contributed by atoms with Crippen molar-refractivity contribution < 1.29 is 14.3 Å². The topological polar surface area (TPSA) is 75.6 Å². The first-order valence-corrected chi connectivity index (χ1v) is 8.29. The average Bonchev–Trinajstić information content (AvgIpc) is 2.52. The fraction of sp³-hybridized carbons (Fsp3) is 0.625. The highest BCUT2D eigenvalue weighted by Crippen LogP contribution is 2.25. The quantitative estimate of drug-likeness (QED) is 0.816. The van der Waals surface area contributed by atoms with E-state index in [9.17, 15) is 9.59 Å². The molecule has 2 heterocycles. The number of halogens is 1. The Morgan fingerprint density at radius 1 is 1.33 bits per heavy atom. The Balaban J connectivity index is 2.05. The molecule has 132 valence electrons. The number of rotatable bonds is 2. The molecule has 1 aromatic heterocycles. The molecular weight excluding hydrogens is 332 g/mol. The van der Waals surface area contributed by atoms with Crippen LogP contribution in [0.4, 0.5) is 10.6 Å². The molecule has 1 saturated heterocycles. The van der Waals surface area contributed by atoms with E-state index in [0.717, 1.165) is 6.42 Å². The van der Waals surface area contributed by atoms with Gasteiger partial charge in [-0.25, -0.2) is 14.8 Å². The van der Waals surface area contributed by atoms with Crippen molar-refractivity contribution in [2.24, 2.45) is 5.92 Å². The van der Waals surface area contributed by atoms with Crippen molar-refractivity contribution >= 4 is 29.4 Å². The third-order valence-corrected chi connectivity index (χ3v) is 3.97. The summed E-state index contributed by atoms with van der Waals surface area (Å²) >= 11 is 6.00. The van der Waals surface area contributed by atoms with Gasteiger partial charge < -0.3 is 9.64 Å². The summed E-state index contributed by atoms with van der Waals surface area (Å²) in [5.41, 5.74) is -0.558. The third-order valence-electron chi connectivity index (χ3n) is 3.71. The van der Waals surface area contributed by atoms with Crippen LogP contribution in [-0.4, -0.2) is 52.6 Å². The number of carbonyl (C=O) groups is 2. The summed E-state index contributed by atoms with van der Waals surface area (Å²) in [5.74, 6) is -0.126. The van der Waals surface area contributed by atoms with Gasteiger partial charge in [0.05, 0.1) is 5.92 Å². The van der Waals surface area contributed by atoms with Crippen LogP contribution >= 0.6 is 11.6 Å². The Morgan fingerprint density at radius 2 is 2.00 bits per heavy atom. The molecule has 1 atom stereocenters. The second-order valence-electron chi connectivity index (χ2n) is 6.83. The van der Waals surface area contributed by atoms with E-state index in [0.29, 0.717) is 25.3 Å². The van der Waals surface area contributed by atoms with Crippen LogP contribution < -0.4 is 4.90 Å². The minimum absolute atomic E-state index is 0.134. The number of piperidine rings is 1. The van der Waals surface area contributed by atoms with Gasteiger partial charge in [-0.05, 0) is 33.6 Å². The van der Waals surface area contributed by atoms with Gasteiger partial charge in [-0.3, -0.25) is 9.69 Å². The fourth-order valence-electron chi connectivity index (χ4n) is 2.59. The van der Waals surface area contributed by atoms with Crippen molar-refractivity contribution in [1.29, 1.82) is 0 Å². The first-order chi connectivity index (χ1) is 11.2. The minimum atomic E-state index is -0.558. The van der Waals surface area contributed by atoms with E-state index in [4.69, 9.17) is 16.3 Å². The summed E-state index contributed by atoms with van der Waals surface area (Å²) < 4.78 is 5.39. The Kier molecular flexibility index (Phi) is 5.64. The Hall–Kier alpha value is -1.89. The van der Waals surface area contributed by atoms with Crippen molar-refractivity contribution in [3.05, 3.63) is 17.5 Å². The molecule has 2 rings (SSSR count). The molecule has 0 radical (unpaired) electrons. The van der Waals surface area contributed by atoms with E-state index >= 15 is 0 Å². The molecular formula is C16H23ClN4O3. The predicted octanol–water partition coefficient (Wildman–Crippen LogP) is 2.74. The van der Waals surface area contributed by atoms with E-state index in [1.165, 1.54) is 17.3 Å². The smallest absolute Gasteiger partial charge is 0.410 e. The average molecular weight is 355 g/mol. The summed E-state index contributed by atoms with van der Waals surface area (Å²) in [6.07, 6.45) is 4.02. The van der Waals surface area contributed by atoms with Crippen LogP contribution in [0.5, 0.6) is 0 Å². The molecule has 1 fully saturated rings. The van der Waals surface area contributed by atoms with Crippen LogP contribution in [0.1, 0.15) is 33.6 Å². The SMILES string of the molecule is CN(C(=O)[C@@H]1CCCN(C(=O)OC(C)(C)C)C1)c1nccnc1Cl. The van der Waals surface area contributed by atoms with Gasteiger partial charge >= 0.3 is 6.09 Å². The molecule has 0 aromatic carbocycles. The number of nitrogens with zero attached hydrogens (tertiary/aromatic N) is 4. The van der Waals surface area contributed by atoms with Gasteiger partial charge in [-0.15, -0.1) is 0 Å².